The lowest BCUT2D eigenvalue weighted by molar-refractivity contribution is -0.138. The molecule has 0 spiro atoms. The van der Waals surface area contributed by atoms with Crippen LogP contribution in [0.2, 0.25) is 0 Å². The van der Waals surface area contributed by atoms with Crippen LogP contribution in [0, 0.1) is 11.7 Å². The van der Waals surface area contributed by atoms with Crippen LogP contribution in [0.5, 0.6) is 5.75 Å². The second-order valence-corrected chi connectivity index (χ2v) is 7.14. The fraction of sp³-hybridized carbons (Fsp3) is 0.409. The number of likely N-dealkylation sites (tertiary alicyclic amines) is 1. The number of amides is 2. The molecule has 29 heavy (non-hydrogen) atoms. The summed E-state index contributed by atoms with van der Waals surface area (Å²) in [7, 11) is 0. The maximum atomic E-state index is 13.3. The second kappa shape index (κ2) is 10.5. The molecule has 1 aliphatic heterocycles. The van der Waals surface area contributed by atoms with Gasteiger partial charge in [0, 0.05) is 32.3 Å². The fourth-order valence-corrected chi connectivity index (χ4v) is 3.35. The predicted molar refractivity (Wildman–Crippen MR) is 107 cm³/mol. The maximum absolute atomic E-state index is 13.3. The molecule has 1 saturated heterocycles. The number of piperidine rings is 1. The van der Waals surface area contributed by atoms with Gasteiger partial charge in [-0.1, -0.05) is 12.1 Å². The zero-order valence-electron chi connectivity index (χ0n) is 16.4. The van der Waals surface area contributed by atoms with Crippen LogP contribution >= 0.6 is 0 Å². The van der Waals surface area contributed by atoms with Crippen LogP contribution in [-0.4, -0.2) is 47.9 Å². The first-order valence-corrected chi connectivity index (χ1v) is 9.94. The summed E-state index contributed by atoms with van der Waals surface area (Å²) in [5, 5.41) is 2.93. The van der Waals surface area contributed by atoms with Gasteiger partial charge < -0.3 is 15.0 Å². The second-order valence-electron chi connectivity index (χ2n) is 7.14. The summed E-state index contributed by atoms with van der Waals surface area (Å²) < 4.78 is 18.9. The van der Waals surface area contributed by atoms with E-state index in [0.717, 1.165) is 5.56 Å². The molecule has 2 amide bonds. The van der Waals surface area contributed by atoms with E-state index in [1.165, 1.54) is 12.1 Å². The van der Waals surface area contributed by atoms with E-state index in [1.54, 1.807) is 23.4 Å². The van der Waals surface area contributed by atoms with E-state index >= 15 is 0 Å². The normalized spacial score (nSPS) is 16.5. The molecule has 0 aliphatic carbocycles. The van der Waals surface area contributed by atoms with Crippen molar-refractivity contribution in [2.24, 2.45) is 5.92 Å². The number of halogens is 1. The SMILES string of the molecule is O=C(NCCCOc1cccnc1)[C@@H]1CCC(=O)N(CCc2cccc(F)c2)C1. The highest BCUT2D eigenvalue weighted by Gasteiger charge is 2.29. The Kier molecular flexibility index (Phi) is 7.55. The molecule has 1 atom stereocenters. The van der Waals surface area contributed by atoms with Gasteiger partial charge in [0.25, 0.3) is 0 Å². The first-order chi connectivity index (χ1) is 14.1. The molecule has 0 unspecified atom stereocenters. The third-order valence-electron chi connectivity index (χ3n) is 4.95. The third-order valence-corrected chi connectivity index (χ3v) is 4.95. The average molecular weight is 399 g/mol. The molecule has 0 bridgehead atoms. The lowest BCUT2D eigenvalue weighted by atomic mass is 9.96. The Morgan fingerprint density at radius 2 is 2.21 bits per heavy atom. The number of aromatic nitrogens is 1. The first kappa shape index (κ1) is 20.8. The van der Waals surface area contributed by atoms with Gasteiger partial charge in [-0.25, -0.2) is 4.39 Å². The number of carbonyl (C=O) groups is 2. The molecule has 7 heteroatoms. The van der Waals surface area contributed by atoms with E-state index in [4.69, 9.17) is 4.74 Å². The molecule has 154 valence electrons. The third kappa shape index (κ3) is 6.55. The zero-order chi connectivity index (χ0) is 20.5. The topological polar surface area (TPSA) is 71.5 Å². The highest BCUT2D eigenvalue weighted by atomic mass is 19.1. The Bertz CT molecular complexity index is 816. The minimum absolute atomic E-state index is 0.0327. The molecular formula is C22H26FN3O3. The molecule has 0 radical (unpaired) electrons. The van der Waals surface area contributed by atoms with Crippen molar-refractivity contribution in [3.05, 3.63) is 60.2 Å². The van der Waals surface area contributed by atoms with Crippen molar-refractivity contribution in [3.8, 4) is 5.75 Å². The van der Waals surface area contributed by atoms with Crippen LogP contribution in [-0.2, 0) is 16.0 Å². The van der Waals surface area contributed by atoms with Crippen LogP contribution in [0.4, 0.5) is 4.39 Å². The summed E-state index contributed by atoms with van der Waals surface area (Å²) in [5.74, 6) is 0.236. The van der Waals surface area contributed by atoms with E-state index in [9.17, 15) is 14.0 Å². The number of benzene rings is 1. The molecule has 0 saturated carbocycles. The standard InChI is InChI=1S/C22H26FN3O3/c23-19-5-1-4-17(14-19)9-12-26-16-18(7-8-21(26)27)22(28)25-11-3-13-29-20-6-2-10-24-15-20/h1-2,4-6,10,14-15,18H,3,7-9,11-13,16H2,(H,25,28)/t18-/m1/s1. The highest BCUT2D eigenvalue weighted by molar-refractivity contribution is 5.83. The van der Waals surface area contributed by atoms with E-state index in [-0.39, 0.29) is 23.5 Å². The number of ether oxygens (including phenoxy) is 1. The summed E-state index contributed by atoms with van der Waals surface area (Å²) in [6, 6.07) is 10.0. The van der Waals surface area contributed by atoms with Gasteiger partial charge in [-0.05, 0) is 49.1 Å². The van der Waals surface area contributed by atoms with Gasteiger partial charge in [0.2, 0.25) is 11.8 Å². The number of hydrogen-bond acceptors (Lipinski definition) is 4. The van der Waals surface area contributed by atoms with Gasteiger partial charge in [-0.15, -0.1) is 0 Å². The molecule has 6 nitrogen and oxygen atoms in total. The van der Waals surface area contributed by atoms with Crippen LogP contribution in [0.25, 0.3) is 0 Å². The Balaban J connectivity index is 1.38. The van der Waals surface area contributed by atoms with Crippen molar-refractivity contribution in [1.29, 1.82) is 0 Å². The minimum atomic E-state index is -0.280. The van der Waals surface area contributed by atoms with E-state index < -0.39 is 0 Å². The van der Waals surface area contributed by atoms with Crippen molar-refractivity contribution in [1.82, 2.24) is 15.2 Å². The fourth-order valence-electron chi connectivity index (χ4n) is 3.35. The molecule has 1 aromatic heterocycles. The highest BCUT2D eigenvalue weighted by Crippen LogP contribution is 2.18. The van der Waals surface area contributed by atoms with Crippen molar-refractivity contribution in [2.75, 3.05) is 26.2 Å². The summed E-state index contributed by atoms with van der Waals surface area (Å²) in [4.78, 5) is 30.3. The monoisotopic (exact) mass is 399 g/mol. The summed E-state index contributed by atoms with van der Waals surface area (Å²) in [6.07, 6.45) is 5.53. The van der Waals surface area contributed by atoms with Crippen molar-refractivity contribution in [3.63, 3.8) is 0 Å². The summed E-state index contributed by atoms with van der Waals surface area (Å²) in [6.45, 7) is 1.92. The van der Waals surface area contributed by atoms with E-state index in [1.807, 2.05) is 18.2 Å². The average Bonchev–Trinajstić information content (AvgIpc) is 2.73. The molecule has 2 heterocycles. The Morgan fingerprint density at radius 1 is 1.31 bits per heavy atom. The van der Waals surface area contributed by atoms with Gasteiger partial charge in [-0.3, -0.25) is 14.6 Å². The number of pyridine rings is 1. The lowest BCUT2D eigenvalue weighted by Gasteiger charge is -2.32. The summed E-state index contributed by atoms with van der Waals surface area (Å²) in [5.41, 5.74) is 0.845. The number of nitrogens with zero attached hydrogens (tertiary/aromatic N) is 2. The molecule has 1 N–H and O–H groups in total. The lowest BCUT2D eigenvalue weighted by Crippen LogP contribution is -2.46. The van der Waals surface area contributed by atoms with E-state index in [2.05, 4.69) is 10.3 Å². The van der Waals surface area contributed by atoms with Crippen molar-refractivity contribution >= 4 is 11.8 Å². The smallest absolute Gasteiger partial charge is 0.224 e. The number of hydrogen-bond donors (Lipinski definition) is 1. The van der Waals surface area contributed by atoms with Crippen LogP contribution in [0.1, 0.15) is 24.8 Å². The molecule has 1 aliphatic rings. The van der Waals surface area contributed by atoms with Crippen molar-refractivity contribution < 1.29 is 18.7 Å². The van der Waals surface area contributed by atoms with Gasteiger partial charge in [0.05, 0.1) is 18.7 Å². The first-order valence-electron chi connectivity index (χ1n) is 9.94. The van der Waals surface area contributed by atoms with Gasteiger partial charge in [0.15, 0.2) is 0 Å². The number of rotatable bonds is 9. The Hall–Kier alpha value is -2.96. The predicted octanol–water partition coefficient (Wildman–Crippen LogP) is 2.59. The zero-order valence-corrected chi connectivity index (χ0v) is 16.4. The largest absolute Gasteiger partial charge is 0.492 e. The Morgan fingerprint density at radius 3 is 3.00 bits per heavy atom. The molecule has 2 aromatic rings. The molecule has 1 aromatic carbocycles. The molecular weight excluding hydrogens is 373 g/mol. The van der Waals surface area contributed by atoms with E-state index in [0.29, 0.717) is 57.7 Å². The van der Waals surface area contributed by atoms with Crippen molar-refractivity contribution in [2.45, 2.75) is 25.7 Å². The van der Waals surface area contributed by atoms with Crippen LogP contribution in [0.3, 0.4) is 0 Å². The maximum Gasteiger partial charge on any atom is 0.224 e. The summed E-state index contributed by atoms with van der Waals surface area (Å²) >= 11 is 0. The van der Waals surface area contributed by atoms with Gasteiger partial charge >= 0.3 is 0 Å². The quantitative estimate of drug-likeness (QED) is 0.658. The molecule has 3 rings (SSSR count). The minimum Gasteiger partial charge on any atom is -0.492 e. The number of nitrogens with one attached hydrogen (secondary N) is 1. The Labute approximate surface area is 170 Å². The van der Waals surface area contributed by atoms with Gasteiger partial charge in [0.1, 0.15) is 11.6 Å². The van der Waals surface area contributed by atoms with Gasteiger partial charge in [-0.2, -0.15) is 0 Å². The molecule has 1 fully saturated rings. The van der Waals surface area contributed by atoms with Crippen LogP contribution < -0.4 is 10.1 Å². The number of carbonyl (C=O) groups excluding carboxylic acids is 2. The van der Waals surface area contributed by atoms with Crippen LogP contribution in [0.15, 0.2) is 48.8 Å².